The molecule has 0 fully saturated rings. The summed E-state index contributed by atoms with van der Waals surface area (Å²) < 4.78 is 16.1. The molecule has 6 heteroatoms. The molecular weight excluding hydrogens is 442 g/mol. The maximum absolute atomic E-state index is 12.8. The van der Waals surface area contributed by atoms with Gasteiger partial charge in [-0.25, -0.2) is 0 Å². The third kappa shape index (κ3) is 7.61. The lowest BCUT2D eigenvalue weighted by Gasteiger charge is -2.22. The quantitative estimate of drug-likeness (QED) is 0.227. The van der Waals surface area contributed by atoms with Crippen molar-refractivity contribution in [1.82, 2.24) is 5.32 Å². The number of rotatable bonds is 13. The largest absolute Gasteiger partial charge is 0.497 e. The van der Waals surface area contributed by atoms with Crippen molar-refractivity contribution in [3.63, 3.8) is 0 Å². The molecule has 0 unspecified atom stereocenters. The molecule has 188 valence electrons. The summed E-state index contributed by atoms with van der Waals surface area (Å²) in [5.74, 6) is 0.547. The van der Waals surface area contributed by atoms with Crippen LogP contribution in [0.25, 0.3) is 0 Å². The van der Waals surface area contributed by atoms with Gasteiger partial charge in [0.25, 0.3) is 5.91 Å². The zero-order chi connectivity index (χ0) is 25.0. The van der Waals surface area contributed by atoms with Gasteiger partial charge in [0.05, 0.1) is 26.7 Å². The van der Waals surface area contributed by atoms with Crippen LogP contribution in [0.15, 0.2) is 60.7 Å². The lowest BCUT2D eigenvalue weighted by Crippen LogP contribution is -2.33. The Bertz CT molecular complexity index is 968. The van der Waals surface area contributed by atoms with Crippen molar-refractivity contribution >= 4 is 11.9 Å². The maximum atomic E-state index is 12.8. The molecule has 3 atom stereocenters. The van der Waals surface area contributed by atoms with Crippen molar-refractivity contribution in [2.75, 3.05) is 20.8 Å². The number of ether oxygens (including phenoxy) is 3. The molecule has 1 aliphatic carbocycles. The SMILES string of the molecule is CCCCCCCOc1ccc(C(=O)N[C@@H]2C=C[C@H]([C@@H](C(=O)OC)c3ccc(OC)cc3)C2)cc1. The topological polar surface area (TPSA) is 73.9 Å². The minimum Gasteiger partial charge on any atom is -0.497 e. The van der Waals surface area contributed by atoms with Crippen molar-refractivity contribution < 1.29 is 23.8 Å². The van der Waals surface area contributed by atoms with E-state index in [2.05, 4.69) is 12.2 Å². The molecule has 2 aromatic rings. The molecule has 0 saturated carbocycles. The number of methoxy groups -OCH3 is 2. The molecule has 0 spiro atoms. The molecule has 3 rings (SSSR count). The fourth-order valence-electron chi connectivity index (χ4n) is 4.43. The van der Waals surface area contributed by atoms with Crippen LogP contribution < -0.4 is 14.8 Å². The number of benzene rings is 2. The monoisotopic (exact) mass is 479 g/mol. The van der Waals surface area contributed by atoms with Crippen molar-refractivity contribution in [3.8, 4) is 11.5 Å². The van der Waals surface area contributed by atoms with Crippen LogP contribution in [0, 0.1) is 5.92 Å². The number of hydrogen-bond donors (Lipinski definition) is 1. The van der Waals surface area contributed by atoms with Gasteiger partial charge < -0.3 is 19.5 Å². The van der Waals surface area contributed by atoms with E-state index < -0.39 is 5.92 Å². The fraction of sp³-hybridized carbons (Fsp3) is 0.448. The minimum absolute atomic E-state index is 0.0748. The van der Waals surface area contributed by atoms with E-state index >= 15 is 0 Å². The molecule has 0 aromatic heterocycles. The molecule has 6 nitrogen and oxygen atoms in total. The van der Waals surface area contributed by atoms with Crippen molar-refractivity contribution in [3.05, 3.63) is 71.8 Å². The number of nitrogens with one attached hydrogen (secondary N) is 1. The Hall–Kier alpha value is -3.28. The van der Waals surface area contributed by atoms with Crippen LogP contribution in [0.3, 0.4) is 0 Å². The summed E-state index contributed by atoms with van der Waals surface area (Å²) >= 11 is 0. The number of allylic oxidation sites excluding steroid dienone is 1. The molecule has 1 aliphatic rings. The van der Waals surface area contributed by atoms with Crippen LogP contribution >= 0.6 is 0 Å². The Labute approximate surface area is 208 Å². The molecule has 0 aliphatic heterocycles. The van der Waals surface area contributed by atoms with E-state index in [1.165, 1.54) is 32.8 Å². The van der Waals surface area contributed by atoms with Gasteiger partial charge in [-0.15, -0.1) is 0 Å². The summed E-state index contributed by atoms with van der Waals surface area (Å²) in [5.41, 5.74) is 1.44. The first-order valence-electron chi connectivity index (χ1n) is 12.5. The highest BCUT2D eigenvalue weighted by Crippen LogP contribution is 2.35. The van der Waals surface area contributed by atoms with Gasteiger partial charge in [0.1, 0.15) is 11.5 Å². The zero-order valence-electron chi connectivity index (χ0n) is 21.0. The second-order valence-corrected chi connectivity index (χ2v) is 8.93. The first kappa shape index (κ1) is 26.3. The average molecular weight is 480 g/mol. The predicted octanol–water partition coefficient (Wildman–Crippen LogP) is 5.68. The van der Waals surface area contributed by atoms with Crippen LogP contribution in [-0.4, -0.2) is 38.7 Å². The second-order valence-electron chi connectivity index (χ2n) is 8.93. The normalized spacial score (nSPS) is 17.6. The lowest BCUT2D eigenvalue weighted by atomic mass is 9.85. The molecule has 1 amide bonds. The molecule has 1 N–H and O–H groups in total. The Kier molecular flexibility index (Phi) is 10.2. The van der Waals surface area contributed by atoms with Gasteiger partial charge in [-0.3, -0.25) is 9.59 Å². The molecule has 0 heterocycles. The second kappa shape index (κ2) is 13.6. The lowest BCUT2D eigenvalue weighted by molar-refractivity contribution is -0.143. The van der Waals surface area contributed by atoms with Gasteiger partial charge in [-0.1, -0.05) is 56.9 Å². The van der Waals surface area contributed by atoms with E-state index in [9.17, 15) is 9.59 Å². The molecule has 0 radical (unpaired) electrons. The summed E-state index contributed by atoms with van der Waals surface area (Å²) in [6.45, 7) is 2.90. The molecule has 2 aromatic carbocycles. The van der Waals surface area contributed by atoms with Crippen LogP contribution in [0.5, 0.6) is 11.5 Å². The summed E-state index contributed by atoms with van der Waals surface area (Å²) in [4.78, 5) is 25.4. The van der Waals surface area contributed by atoms with Crippen molar-refractivity contribution in [2.24, 2.45) is 5.92 Å². The van der Waals surface area contributed by atoms with Gasteiger partial charge in [0.15, 0.2) is 0 Å². The summed E-state index contributed by atoms with van der Waals surface area (Å²) in [6.07, 6.45) is 10.5. The fourth-order valence-corrected chi connectivity index (χ4v) is 4.43. The van der Waals surface area contributed by atoms with Gasteiger partial charge in [-0.05, 0) is 60.7 Å². The highest BCUT2D eigenvalue weighted by Gasteiger charge is 2.34. The number of esters is 1. The number of carbonyl (C=O) groups excluding carboxylic acids is 2. The number of carbonyl (C=O) groups is 2. The van der Waals surface area contributed by atoms with Crippen molar-refractivity contribution in [1.29, 1.82) is 0 Å². The summed E-state index contributed by atoms with van der Waals surface area (Å²) in [6, 6.07) is 14.5. The Morgan fingerprint density at radius 1 is 0.914 bits per heavy atom. The molecule has 0 bridgehead atoms. The summed E-state index contributed by atoms with van der Waals surface area (Å²) in [5, 5.41) is 3.06. The van der Waals surface area contributed by atoms with Crippen LogP contribution in [0.1, 0.15) is 67.3 Å². The third-order valence-electron chi connectivity index (χ3n) is 6.42. The number of hydrogen-bond acceptors (Lipinski definition) is 5. The zero-order valence-corrected chi connectivity index (χ0v) is 21.0. The highest BCUT2D eigenvalue weighted by molar-refractivity contribution is 5.94. The predicted molar refractivity (Wildman–Crippen MR) is 137 cm³/mol. The van der Waals surface area contributed by atoms with E-state index in [1.807, 2.05) is 48.6 Å². The summed E-state index contributed by atoms with van der Waals surface area (Å²) in [7, 11) is 3.01. The van der Waals surface area contributed by atoms with Gasteiger partial charge in [0, 0.05) is 11.6 Å². The van der Waals surface area contributed by atoms with Gasteiger partial charge in [0.2, 0.25) is 0 Å². The van der Waals surface area contributed by atoms with E-state index in [0.29, 0.717) is 18.6 Å². The minimum atomic E-state index is -0.442. The first-order valence-corrected chi connectivity index (χ1v) is 12.5. The Morgan fingerprint density at radius 2 is 1.60 bits per heavy atom. The molecule has 35 heavy (non-hydrogen) atoms. The van der Waals surface area contributed by atoms with E-state index in [-0.39, 0.29) is 23.8 Å². The van der Waals surface area contributed by atoms with Crippen LogP contribution in [0.4, 0.5) is 0 Å². The smallest absolute Gasteiger partial charge is 0.313 e. The number of amides is 1. The Morgan fingerprint density at radius 3 is 2.26 bits per heavy atom. The van der Waals surface area contributed by atoms with Crippen LogP contribution in [-0.2, 0) is 9.53 Å². The standard InChI is InChI=1S/C29H37NO5/c1-4-5-6-7-8-19-35-26-17-12-22(13-18-26)28(31)30-24-14-9-23(20-24)27(29(32)34-3)21-10-15-25(33-2)16-11-21/h9-18,23-24,27H,4-8,19-20H2,1-3H3,(H,30,31)/t23-,24+,27-/m0/s1. The first-order chi connectivity index (χ1) is 17.0. The third-order valence-corrected chi connectivity index (χ3v) is 6.42. The highest BCUT2D eigenvalue weighted by atomic mass is 16.5. The van der Waals surface area contributed by atoms with E-state index in [1.54, 1.807) is 19.2 Å². The van der Waals surface area contributed by atoms with Gasteiger partial charge in [-0.2, -0.15) is 0 Å². The molecular formula is C29H37NO5. The average Bonchev–Trinajstić information content (AvgIpc) is 3.34. The molecule has 0 saturated heterocycles. The maximum Gasteiger partial charge on any atom is 0.313 e. The van der Waals surface area contributed by atoms with Crippen LogP contribution in [0.2, 0.25) is 0 Å². The van der Waals surface area contributed by atoms with Gasteiger partial charge >= 0.3 is 5.97 Å². The number of unbranched alkanes of at least 4 members (excludes halogenated alkanes) is 4. The Balaban J connectivity index is 1.52. The van der Waals surface area contributed by atoms with Crippen molar-refractivity contribution in [2.45, 2.75) is 57.4 Å². The van der Waals surface area contributed by atoms with E-state index in [4.69, 9.17) is 14.2 Å². The van der Waals surface area contributed by atoms with E-state index in [0.717, 1.165) is 23.5 Å².